The summed E-state index contributed by atoms with van der Waals surface area (Å²) < 4.78 is 6.10. The molecule has 1 unspecified atom stereocenters. The summed E-state index contributed by atoms with van der Waals surface area (Å²) in [6.45, 7) is 0. The predicted octanol–water partition coefficient (Wildman–Crippen LogP) is 4.79. The van der Waals surface area contributed by atoms with Crippen LogP contribution in [0.15, 0.2) is 84.4 Å². The molecule has 1 atom stereocenters. The zero-order chi connectivity index (χ0) is 17.2. The van der Waals surface area contributed by atoms with Gasteiger partial charge in [-0.15, -0.1) is 0 Å². The zero-order valence-electron chi connectivity index (χ0n) is 13.4. The molecule has 3 nitrogen and oxygen atoms in total. The van der Waals surface area contributed by atoms with Crippen molar-refractivity contribution in [2.45, 2.75) is 6.10 Å². The fraction of sp³-hybridized carbons (Fsp3) is 0.0455. The Bertz CT molecular complexity index is 944. The molecule has 0 bridgehead atoms. The molecule has 0 saturated heterocycles. The first-order valence-corrected chi connectivity index (χ1v) is 8.08. The third-order valence-electron chi connectivity index (χ3n) is 4.22. The molecule has 0 fully saturated rings. The van der Waals surface area contributed by atoms with Crippen LogP contribution in [0.25, 0.3) is 6.08 Å². The van der Waals surface area contributed by atoms with E-state index in [0.29, 0.717) is 16.9 Å². The van der Waals surface area contributed by atoms with Crippen molar-refractivity contribution in [2.24, 2.45) is 0 Å². The Balaban J connectivity index is 1.87. The number of benzene rings is 3. The Labute approximate surface area is 145 Å². The van der Waals surface area contributed by atoms with Crippen molar-refractivity contribution in [3.05, 3.63) is 101 Å². The lowest BCUT2D eigenvalue weighted by atomic mass is 9.89. The van der Waals surface area contributed by atoms with Gasteiger partial charge in [0, 0.05) is 11.6 Å². The Morgan fingerprint density at radius 3 is 2.28 bits per heavy atom. The highest BCUT2D eigenvalue weighted by atomic mass is 16.5. The molecule has 1 heterocycles. The lowest BCUT2D eigenvalue weighted by Gasteiger charge is -2.28. The third kappa shape index (κ3) is 2.92. The second-order valence-electron chi connectivity index (χ2n) is 5.93. The van der Waals surface area contributed by atoms with Crippen LogP contribution in [0.2, 0.25) is 0 Å². The van der Waals surface area contributed by atoms with E-state index in [-0.39, 0.29) is 11.5 Å². The largest absolute Gasteiger partial charge is 0.508 e. The summed E-state index contributed by atoms with van der Waals surface area (Å²) in [4.78, 5) is 13.1. The van der Waals surface area contributed by atoms with Gasteiger partial charge in [-0.05, 0) is 29.3 Å². The first-order valence-electron chi connectivity index (χ1n) is 8.08. The van der Waals surface area contributed by atoms with Gasteiger partial charge in [0.1, 0.15) is 11.5 Å². The third-order valence-corrected chi connectivity index (χ3v) is 4.22. The van der Waals surface area contributed by atoms with Crippen molar-refractivity contribution in [3.63, 3.8) is 0 Å². The maximum absolute atomic E-state index is 13.1. The normalized spacial score (nSPS) is 17.8. The first kappa shape index (κ1) is 15.2. The van der Waals surface area contributed by atoms with E-state index >= 15 is 0 Å². The van der Waals surface area contributed by atoms with Gasteiger partial charge in [-0.25, -0.2) is 0 Å². The minimum Gasteiger partial charge on any atom is -0.508 e. The van der Waals surface area contributed by atoms with Gasteiger partial charge in [0.05, 0.1) is 5.56 Å². The van der Waals surface area contributed by atoms with Crippen LogP contribution in [0.3, 0.4) is 0 Å². The molecular weight excluding hydrogens is 312 g/mol. The van der Waals surface area contributed by atoms with Crippen molar-refractivity contribution >= 4 is 11.9 Å². The Hall–Kier alpha value is -3.33. The summed E-state index contributed by atoms with van der Waals surface area (Å²) in [6, 6.07) is 23.9. The van der Waals surface area contributed by atoms with Crippen LogP contribution >= 0.6 is 0 Å². The van der Waals surface area contributed by atoms with Crippen molar-refractivity contribution in [2.75, 3.05) is 0 Å². The van der Waals surface area contributed by atoms with Gasteiger partial charge in [-0.1, -0.05) is 60.7 Å². The predicted molar refractivity (Wildman–Crippen MR) is 96.7 cm³/mol. The fourth-order valence-electron chi connectivity index (χ4n) is 3.01. The second-order valence-corrected chi connectivity index (χ2v) is 5.93. The van der Waals surface area contributed by atoms with Gasteiger partial charge in [-0.2, -0.15) is 0 Å². The molecule has 1 aliphatic rings. The van der Waals surface area contributed by atoms with Gasteiger partial charge in [0.2, 0.25) is 0 Å². The van der Waals surface area contributed by atoms with Crippen LogP contribution in [-0.2, 0) is 0 Å². The first-order chi connectivity index (χ1) is 12.2. The molecule has 0 radical (unpaired) electrons. The van der Waals surface area contributed by atoms with E-state index in [1.165, 1.54) is 12.1 Å². The van der Waals surface area contributed by atoms with Crippen molar-refractivity contribution < 1.29 is 14.6 Å². The fourth-order valence-corrected chi connectivity index (χ4v) is 3.01. The average Bonchev–Trinajstić information content (AvgIpc) is 2.65. The van der Waals surface area contributed by atoms with Crippen molar-refractivity contribution in [3.8, 4) is 11.5 Å². The van der Waals surface area contributed by atoms with Gasteiger partial charge in [0.25, 0.3) is 0 Å². The van der Waals surface area contributed by atoms with E-state index in [4.69, 9.17) is 4.74 Å². The number of fused-ring (bicyclic) bond motifs is 1. The Kier molecular flexibility index (Phi) is 3.82. The molecule has 3 heteroatoms. The van der Waals surface area contributed by atoms with Gasteiger partial charge in [-0.3, -0.25) is 4.79 Å². The smallest absolute Gasteiger partial charge is 0.196 e. The summed E-state index contributed by atoms with van der Waals surface area (Å²) in [7, 11) is 0. The summed E-state index contributed by atoms with van der Waals surface area (Å²) in [5.41, 5.74) is 2.88. The standard InChI is InChI=1S/C22H16O3/c23-17-11-12-18-20(14-17)25-22(16-9-5-2-6-10-16)19(21(18)24)13-15-7-3-1-4-8-15/h1-14,22-23H. The van der Waals surface area contributed by atoms with E-state index in [1.807, 2.05) is 66.7 Å². The van der Waals surface area contributed by atoms with Gasteiger partial charge in [0.15, 0.2) is 11.9 Å². The molecule has 0 saturated carbocycles. The molecule has 122 valence electrons. The van der Waals surface area contributed by atoms with Crippen LogP contribution in [0.1, 0.15) is 27.6 Å². The highest BCUT2D eigenvalue weighted by molar-refractivity contribution is 6.14. The Morgan fingerprint density at radius 1 is 0.880 bits per heavy atom. The minimum absolute atomic E-state index is 0.0776. The number of phenolic OH excluding ortho intramolecular Hbond substituents is 1. The van der Waals surface area contributed by atoms with Crippen LogP contribution in [-0.4, -0.2) is 10.9 Å². The number of phenols is 1. The van der Waals surface area contributed by atoms with Gasteiger partial charge < -0.3 is 9.84 Å². The minimum atomic E-state index is -0.511. The zero-order valence-corrected chi connectivity index (χ0v) is 13.4. The summed E-state index contributed by atoms with van der Waals surface area (Å²) >= 11 is 0. The number of ketones is 1. The van der Waals surface area contributed by atoms with E-state index in [0.717, 1.165) is 11.1 Å². The van der Waals surface area contributed by atoms with Crippen LogP contribution in [0.4, 0.5) is 0 Å². The number of ether oxygens (including phenoxy) is 1. The number of Topliss-reactive ketones (excluding diaryl/α,β-unsaturated/α-hetero) is 1. The van der Waals surface area contributed by atoms with E-state index in [2.05, 4.69) is 0 Å². The molecule has 3 aromatic carbocycles. The van der Waals surface area contributed by atoms with Crippen LogP contribution in [0.5, 0.6) is 11.5 Å². The van der Waals surface area contributed by atoms with Crippen LogP contribution < -0.4 is 4.74 Å². The summed E-state index contributed by atoms with van der Waals surface area (Å²) in [6.07, 6.45) is 1.36. The molecule has 4 rings (SSSR count). The van der Waals surface area contributed by atoms with Crippen LogP contribution in [0, 0.1) is 0 Å². The molecule has 0 aromatic heterocycles. The highest BCUT2D eigenvalue weighted by Crippen LogP contribution is 2.40. The highest BCUT2D eigenvalue weighted by Gasteiger charge is 2.33. The number of carbonyl (C=O) groups excluding carboxylic acids is 1. The lowest BCUT2D eigenvalue weighted by Crippen LogP contribution is -2.23. The summed E-state index contributed by atoms with van der Waals surface area (Å²) in [5.74, 6) is 0.400. The molecule has 25 heavy (non-hydrogen) atoms. The number of hydrogen-bond donors (Lipinski definition) is 1. The van der Waals surface area contributed by atoms with Crippen molar-refractivity contribution in [1.82, 2.24) is 0 Å². The van der Waals surface area contributed by atoms with Crippen molar-refractivity contribution in [1.29, 1.82) is 0 Å². The van der Waals surface area contributed by atoms with Gasteiger partial charge >= 0.3 is 0 Å². The van der Waals surface area contributed by atoms with E-state index < -0.39 is 6.10 Å². The average molecular weight is 328 g/mol. The number of hydrogen-bond acceptors (Lipinski definition) is 3. The molecule has 0 amide bonds. The molecule has 3 aromatic rings. The maximum Gasteiger partial charge on any atom is 0.196 e. The molecule has 1 aliphatic heterocycles. The topological polar surface area (TPSA) is 46.5 Å². The monoisotopic (exact) mass is 328 g/mol. The number of aromatic hydroxyl groups is 1. The molecule has 1 N–H and O–H groups in total. The maximum atomic E-state index is 13.1. The molecule has 0 aliphatic carbocycles. The van der Waals surface area contributed by atoms with E-state index in [1.54, 1.807) is 6.07 Å². The summed E-state index contributed by atoms with van der Waals surface area (Å²) in [5, 5.41) is 9.73. The SMILES string of the molecule is O=C1C(=Cc2ccccc2)C(c2ccccc2)Oc2cc(O)ccc21. The quantitative estimate of drug-likeness (QED) is 0.688. The Morgan fingerprint density at radius 2 is 1.56 bits per heavy atom. The number of carbonyl (C=O) groups is 1. The second kappa shape index (κ2) is 6.29. The molecule has 0 spiro atoms. The van der Waals surface area contributed by atoms with E-state index in [9.17, 15) is 9.90 Å². The number of rotatable bonds is 2. The molecular formula is C22H16O3. The lowest BCUT2D eigenvalue weighted by molar-refractivity contribution is 0.0963.